The number of carboxylic acids is 1. The molecule has 0 aromatic carbocycles. The summed E-state index contributed by atoms with van der Waals surface area (Å²) >= 11 is 0. The molecule has 6 nitrogen and oxygen atoms in total. The number of carbonyl (C=O) groups is 1. The van der Waals surface area contributed by atoms with Gasteiger partial charge in [-0.05, 0) is 24.8 Å². The maximum absolute atomic E-state index is 11.4. The Bertz CT molecular complexity index is 673. The van der Waals surface area contributed by atoms with Gasteiger partial charge >= 0.3 is 5.97 Å². The fourth-order valence-electron chi connectivity index (χ4n) is 2.68. The minimum absolute atomic E-state index is 0.342. The summed E-state index contributed by atoms with van der Waals surface area (Å²) in [4.78, 5) is 15.7. The Labute approximate surface area is 123 Å². The van der Waals surface area contributed by atoms with Gasteiger partial charge in [-0.1, -0.05) is 20.3 Å². The summed E-state index contributed by atoms with van der Waals surface area (Å²) in [6.07, 6.45) is 5.93. The lowest BCUT2D eigenvalue weighted by Gasteiger charge is -2.37. The van der Waals surface area contributed by atoms with Crippen LogP contribution < -0.4 is 5.32 Å². The SMILES string of the molecule is CC(C)c1cc2c(NCC3(C(=O)O)CCC3)nccn2n1. The van der Waals surface area contributed by atoms with Crippen molar-refractivity contribution in [3.8, 4) is 0 Å². The van der Waals surface area contributed by atoms with E-state index in [4.69, 9.17) is 0 Å². The third-order valence-corrected chi connectivity index (χ3v) is 4.36. The van der Waals surface area contributed by atoms with E-state index in [0.717, 1.165) is 30.5 Å². The monoisotopic (exact) mass is 288 g/mol. The van der Waals surface area contributed by atoms with E-state index in [1.165, 1.54) is 0 Å². The molecule has 1 fully saturated rings. The summed E-state index contributed by atoms with van der Waals surface area (Å²) < 4.78 is 1.79. The van der Waals surface area contributed by atoms with Crippen molar-refractivity contribution >= 4 is 17.3 Å². The predicted octanol–water partition coefficient (Wildman–Crippen LogP) is 2.52. The van der Waals surface area contributed by atoms with Gasteiger partial charge in [0.2, 0.25) is 0 Å². The molecule has 2 aromatic heterocycles. The molecule has 2 heterocycles. The van der Waals surface area contributed by atoms with Crippen LogP contribution in [0.2, 0.25) is 0 Å². The molecular formula is C15H20N4O2. The smallest absolute Gasteiger partial charge is 0.311 e. The predicted molar refractivity (Wildman–Crippen MR) is 79.5 cm³/mol. The number of nitrogens with one attached hydrogen (secondary N) is 1. The number of nitrogens with zero attached hydrogens (tertiary/aromatic N) is 3. The third kappa shape index (κ3) is 2.34. The minimum atomic E-state index is -0.718. The molecule has 0 atom stereocenters. The maximum atomic E-state index is 11.4. The number of rotatable bonds is 5. The van der Waals surface area contributed by atoms with Crippen LogP contribution in [0.5, 0.6) is 0 Å². The molecule has 0 aliphatic heterocycles. The van der Waals surface area contributed by atoms with Gasteiger partial charge in [0.25, 0.3) is 0 Å². The first kappa shape index (κ1) is 13.9. The Morgan fingerprint density at radius 3 is 2.86 bits per heavy atom. The van der Waals surface area contributed by atoms with Crippen molar-refractivity contribution in [1.82, 2.24) is 14.6 Å². The molecule has 1 saturated carbocycles. The molecule has 0 unspecified atom stereocenters. The van der Waals surface area contributed by atoms with Crippen molar-refractivity contribution in [2.75, 3.05) is 11.9 Å². The van der Waals surface area contributed by atoms with Crippen LogP contribution in [0.1, 0.15) is 44.7 Å². The lowest BCUT2D eigenvalue weighted by molar-refractivity contribution is -0.153. The average Bonchev–Trinajstić information content (AvgIpc) is 2.81. The van der Waals surface area contributed by atoms with Crippen molar-refractivity contribution in [2.24, 2.45) is 5.41 Å². The molecular weight excluding hydrogens is 268 g/mol. The molecule has 2 aromatic rings. The zero-order chi connectivity index (χ0) is 15.0. The summed E-state index contributed by atoms with van der Waals surface area (Å²) in [5.74, 6) is 0.323. The highest BCUT2D eigenvalue weighted by atomic mass is 16.4. The van der Waals surface area contributed by atoms with E-state index in [9.17, 15) is 9.90 Å². The van der Waals surface area contributed by atoms with Crippen molar-refractivity contribution in [3.05, 3.63) is 24.2 Å². The van der Waals surface area contributed by atoms with Crippen LogP contribution >= 0.6 is 0 Å². The van der Waals surface area contributed by atoms with Crippen LogP contribution in [0.25, 0.3) is 5.52 Å². The Hall–Kier alpha value is -2.11. The molecule has 0 saturated heterocycles. The summed E-state index contributed by atoms with van der Waals surface area (Å²) in [5, 5.41) is 17.1. The van der Waals surface area contributed by atoms with E-state index in [-0.39, 0.29) is 0 Å². The maximum Gasteiger partial charge on any atom is 0.311 e. The van der Waals surface area contributed by atoms with Gasteiger partial charge < -0.3 is 10.4 Å². The Morgan fingerprint density at radius 2 is 2.29 bits per heavy atom. The van der Waals surface area contributed by atoms with Crippen LogP contribution in [-0.4, -0.2) is 32.2 Å². The topological polar surface area (TPSA) is 79.5 Å². The number of fused-ring (bicyclic) bond motifs is 1. The first-order valence-electron chi connectivity index (χ1n) is 7.33. The van der Waals surface area contributed by atoms with Gasteiger partial charge in [-0.3, -0.25) is 4.79 Å². The van der Waals surface area contributed by atoms with Crippen LogP contribution in [0.4, 0.5) is 5.82 Å². The van der Waals surface area contributed by atoms with Crippen LogP contribution in [0.15, 0.2) is 18.5 Å². The molecule has 21 heavy (non-hydrogen) atoms. The standard InChI is InChI=1S/C15H20N4O2/c1-10(2)11-8-12-13(16-6-7-19(12)18-11)17-9-15(14(20)21)4-3-5-15/h6-8,10H,3-5,9H2,1-2H3,(H,16,17)(H,20,21). The van der Waals surface area contributed by atoms with Crippen molar-refractivity contribution in [1.29, 1.82) is 0 Å². The second kappa shape index (κ2) is 5.02. The fourth-order valence-corrected chi connectivity index (χ4v) is 2.68. The number of anilines is 1. The zero-order valence-electron chi connectivity index (χ0n) is 12.3. The van der Waals surface area contributed by atoms with Gasteiger partial charge in [0.15, 0.2) is 5.82 Å². The largest absolute Gasteiger partial charge is 0.481 e. The van der Waals surface area contributed by atoms with Crippen molar-refractivity contribution in [3.63, 3.8) is 0 Å². The second-order valence-corrected chi connectivity index (χ2v) is 6.12. The quantitative estimate of drug-likeness (QED) is 0.883. The molecule has 2 N–H and O–H groups in total. The number of carboxylic acid groups (broad SMARTS) is 1. The highest BCUT2D eigenvalue weighted by Crippen LogP contribution is 2.41. The summed E-state index contributed by atoms with van der Waals surface area (Å²) in [7, 11) is 0. The van der Waals surface area contributed by atoms with Gasteiger partial charge in [0.05, 0.1) is 11.1 Å². The average molecular weight is 288 g/mol. The first-order valence-corrected chi connectivity index (χ1v) is 7.33. The normalized spacial score (nSPS) is 16.9. The lowest BCUT2D eigenvalue weighted by Crippen LogP contribution is -2.43. The highest BCUT2D eigenvalue weighted by molar-refractivity contribution is 5.77. The van der Waals surface area contributed by atoms with E-state index in [0.29, 0.717) is 18.3 Å². The number of hydrogen-bond donors (Lipinski definition) is 2. The van der Waals surface area contributed by atoms with E-state index in [1.54, 1.807) is 10.7 Å². The Kier molecular flexibility index (Phi) is 3.31. The molecule has 6 heteroatoms. The minimum Gasteiger partial charge on any atom is -0.481 e. The second-order valence-electron chi connectivity index (χ2n) is 6.12. The first-order chi connectivity index (χ1) is 10.0. The highest BCUT2D eigenvalue weighted by Gasteiger charge is 2.44. The van der Waals surface area contributed by atoms with E-state index < -0.39 is 11.4 Å². The Balaban J connectivity index is 1.85. The van der Waals surface area contributed by atoms with Crippen molar-refractivity contribution in [2.45, 2.75) is 39.0 Å². The molecule has 0 amide bonds. The zero-order valence-corrected chi connectivity index (χ0v) is 12.3. The molecule has 0 bridgehead atoms. The summed E-state index contributed by atoms with van der Waals surface area (Å²) in [5.41, 5.74) is 1.26. The molecule has 1 aliphatic rings. The fraction of sp³-hybridized carbons (Fsp3) is 0.533. The molecule has 0 spiro atoms. The van der Waals surface area contributed by atoms with Crippen LogP contribution in [-0.2, 0) is 4.79 Å². The van der Waals surface area contributed by atoms with Gasteiger partial charge in [0.1, 0.15) is 5.52 Å². The van der Waals surface area contributed by atoms with Gasteiger partial charge in [-0.15, -0.1) is 0 Å². The molecule has 1 aliphatic carbocycles. The van der Waals surface area contributed by atoms with Crippen LogP contribution in [0, 0.1) is 5.41 Å². The van der Waals surface area contributed by atoms with E-state index in [1.807, 2.05) is 12.3 Å². The number of aromatic nitrogens is 3. The summed E-state index contributed by atoms with van der Waals surface area (Å²) in [6.45, 7) is 4.60. The lowest BCUT2D eigenvalue weighted by atomic mass is 9.69. The molecule has 3 rings (SSSR count). The third-order valence-electron chi connectivity index (χ3n) is 4.36. The van der Waals surface area contributed by atoms with Gasteiger partial charge in [0, 0.05) is 18.9 Å². The van der Waals surface area contributed by atoms with Crippen LogP contribution in [0.3, 0.4) is 0 Å². The number of hydrogen-bond acceptors (Lipinski definition) is 4. The van der Waals surface area contributed by atoms with Gasteiger partial charge in [-0.25, -0.2) is 9.50 Å². The number of aliphatic carboxylic acids is 1. The summed E-state index contributed by atoms with van der Waals surface area (Å²) in [6, 6.07) is 2.01. The molecule has 112 valence electrons. The van der Waals surface area contributed by atoms with E-state index in [2.05, 4.69) is 29.2 Å². The van der Waals surface area contributed by atoms with E-state index >= 15 is 0 Å². The van der Waals surface area contributed by atoms with Gasteiger partial charge in [-0.2, -0.15) is 5.10 Å². The van der Waals surface area contributed by atoms with Crippen molar-refractivity contribution < 1.29 is 9.90 Å². The molecule has 0 radical (unpaired) electrons. The Morgan fingerprint density at radius 1 is 1.52 bits per heavy atom.